The van der Waals surface area contributed by atoms with Gasteiger partial charge in [-0.15, -0.1) is 20.1 Å². The molecule has 0 fully saturated rings. The van der Waals surface area contributed by atoms with E-state index in [4.69, 9.17) is 5.11 Å². The number of aromatic carboxylic acids is 1. The topological polar surface area (TPSA) is 55.8 Å². The molecule has 0 bridgehead atoms. The predicted molar refractivity (Wildman–Crippen MR) is 37.5 cm³/mol. The number of carboxylic acid groups (broad SMARTS) is 1. The van der Waals surface area contributed by atoms with Crippen LogP contribution in [-0.2, 0) is 0 Å². The number of rotatable bonds is 1. The fourth-order valence-corrected chi connectivity index (χ4v) is 1.64. The minimum atomic E-state index is -3.75. The van der Waals surface area contributed by atoms with Crippen molar-refractivity contribution in [2.75, 3.05) is 0 Å². The van der Waals surface area contributed by atoms with Gasteiger partial charge in [0.25, 0.3) is 0 Å². The average molecular weight is 208 g/mol. The lowest BCUT2D eigenvalue weighted by Crippen LogP contribution is -2.26. The number of thiophene rings is 1. The molecular formula is C6H2F2O4S. The molecule has 0 aromatic carbocycles. The number of hydrogen-bond donors (Lipinski definition) is 1. The molecule has 4 nitrogen and oxygen atoms in total. The third-order valence-corrected chi connectivity index (χ3v) is 2.29. The molecule has 1 N–H and O–H groups in total. The molecule has 0 aliphatic carbocycles. The van der Waals surface area contributed by atoms with Crippen molar-refractivity contribution in [3.05, 3.63) is 10.3 Å². The Bertz CT molecular complexity index is 373. The SMILES string of the molecule is O=C(O)c1scc2c1OC(F)(F)O2. The van der Waals surface area contributed by atoms with Crippen molar-refractivity contribution >= 4 is 17.3 Å². The van der Waals surface area contributed by atoms with Crippen molar-refractivity contribution in [2.45, 2.75) is 6.29 Å². The highest BCUT2D eigenvalue weighted by Crippen LogP contribution is 2.46. The molecule has 0 unspecified atom stereocenters. The first kappa shape index (κ1) is 8.24. The molecule has 1 aromatic rings. The Kier molecular flexibility index (Phi) is 1.47. The highest BCUT2D eigenvalue weighted by Gasteiger charge is 2.46. The maximum Gasteiger partial charge on any atom is 0.586 e. The van der Waals surface area contributed by atoms with E-state index in [-0.39, 0.29) is 10.6 Å². The lowest BCUT2D eigenvalue weighted by atomic mass is 10.4. The van der Waals surface area contributed by atoms with E-state index in [1.807, 2.05) is 0 Å². The molecule has 7 heteroatoms. The molecule has 0 saturated heterocycles. The zero-order valence-electron chi connectivity index (χ0n) is 5.91. The van der Waals surface area contributed by atoms with E-state index in [2.05, 4.69) is 9.47 Å². The van der Waals surface area contributed by atoms with Crippen LogP contribution in [0, 0.1) is 0 Å². The summed E-state index contributed by atoms with van der Waals surface area (Å²) in [4.78, 5) is 10.2. The number of halogens is 2. The van der Waals surface area contributed by atoms with Crippen LogP contribution in [0.1, 0.15) is 9.67 Å². The van der Waals surface area contributed by atoms with E-state index in [1.54, 1.807) is 0 Å². The van der Waals surface area contributed by atoms with Gasteiger partial charge in [0.05, 0.1) is 0 Å². The number of carbonyl (C=O) groups is 1. The predicted octanol–water partition coefficient (Wildman–Crippen LogP) is 1.77. The molecule has 1 aliphatic heterocycles. The summed E-state index contributed by atoms with van der Waals surface area (Å²) in [5, 5.41) is 9.70. The first-order valence-corrected chi connectivity index (χ1v) is 3.98. The molecule has 0 spiro atoms. The Hall–Kier alpha value is -1.37. The molecule has 2 rings (SSSR count). The monoisotopic (exact) mass is 208 g/mol. The summed E-state index contributed by atoms with van der Waals surface area (Å²) >= 11 is 0.778. The Morgan fingerprint density at radius 3 is 2.85 bits per heavy atom. The fourth-order valence-electron chi connectivity index (χ4n) is 0.914. The van der Waals surface area contributed by atoms with E-state index in [1.165, 1.54) is 5.38 Å². The van der Waals surface area contributed by atoms with Gasteiger partial charge in [0.2, 0.25) is 0 Å². The minimum Gasteiger partial charge on any atom is -0.477 e. The number of alkyl halides is 2. The smallest absolute Gasteiger partial charge is 0.477 e. The normalized spacial score (nSPS) is 17.4. The van der Waals surface area contributed by atoms with Crippen LogP contribution in [0.15, 0.2) is 5.38 Å². The van der Waals surface area contributed by atoms with Crippen LogP contribution in [0.5, 0.6) is 11.5 Å². The van der Waals surface area contributed by atoms with Gasteiger partial charge in [-0.25, -0.2) is 4.79 Å². The van der Waals surface area contributed by atoms with Gasteiger partial charge in [-0.2, -0.15) is 0 Å². The van der Waals surface area contributed by atoms with E-state index in [0.29, 0.717) is 0 Å². The summed E-state index contributed by atoms with van der Waals surface area (Å²) in [5.41, 5.74) is 0. The maximum absolute atomic E-state index is 12.4. The van der Waals surface area contributed by atoms with E-state index in [9.17, 15) is 13.6 Å². The van der Waals surface area contributed by atoms with Gasteiger partial charge in [-0.05, 0) is 0 Å². The molecule has 13 heavy (non-hydrogen) atoms. The van der Waals surface area contributed by atoms with Gasteiger partial charge in [0.1, 0.15) is 0 Å². The quantitative estimate of drug-likeness (QED) is 0.764. The summed E-state index contributed by atoms with van der Waals surface area (Å²) in [6.07, 6.45) is -3.75. The highest BCUT2D eigenvalue weighted by atomic mass is 32.1. The molecule has 2 heterocycles. The lowest BCUT2D eigenvalue weighted by Gasteiger charge is -2.05. The van der Waals surface area contributed by atoms with E-state index >= 15 is 0 Å². The Labute approximate surface area is 74.3 Å². The van der Waals surface area contributed by atoms with E-state index < -0.39 is 18.0 Å². The zero-order valence-corrected chi connectivity index (χ0v) is 6.73. The van der Waals surface area contributed by atoms with Crippen LogP contribution in [0.2, 0.25) is 0 Å². The largest absolute Gasteiger partial charge is 0.586 e. The van der Waals surface area contributed by atoms with Crippen molar-refractivity contribution in [1.82, 2.24) is 0 Å². The summed E-state index contributed by atoms with van der Waals surface area (Å²) < 4.78 is 32.8. The van der Waals surface area contributed by atoms with Crippen LogP contribution in [0.25, 0.3) is 0 Å². The Morgan fingerprint density at radius 1 is 1.54 bits per heavy atom. The maximum atomic E-state index is 12.4. The van der Waals surface area contributed by atoms with Crippen LogP contribution < -0.4 is 9.47 Å². The van der Waals surface area contributed by atoms with Crippen LogP contribution in [-0.4, -0.2) is 17.4 Å². The second-order valence-corrected chi connectivity index (χ2v) is 3.11. The molecule has 1 aliphatic rings. The Morgan fingerprint density at radius 2 is 2.23 bits per heavy atom. The summed E-state index contributed by atoms with van der Waals surface area (Å²) in [5.74, 6) is -1.94. The van der Waals surface area contributed by atoms with Crippen molar-refractivity contribution in [1.29, 1.82) is 0 Å². The summed E-state index contributed by atoms with van der Waals surface area (Å²) in [7, 11) is 0. The number of hydrogen-bond acceptors (Lipinski definition) is 4. The minimum absolute atomic E-state index is 0.229. The van der Waals surface area contributed by atoms with Gasteiger partial charge in [-0.1, -0.05) is 0 Å². The van der Waals surface area contributed by atoms with Crippen molar-refractivity contribution in [3.8, 4) is 11.5 Å². The second-order valence-electron chi connectivity index (χ2n) is 2.23. The standard InChI is InChI=1S/C6H2F2O4S/c7-6(8)11-2-1-13-4(5(9)10)3(2)12-6/h1H,(H,9,10). The lowest BCUT2D eigenvalue weighted by molar-refractivity contribution is -0.286. The number of carboxylic acids is 1. The molecule has 0 amide bonds. The first-order valence-electron chi connectivity index (χ1n) is 3.10. The van der Waals surface area contributed by atoms with Gasteiger partial charge in [-0.3, -0.25) is 0 Å². The molecule has 0 radical (unpaired) electrons. The van der Waals surface area contributed by atoms with E-state index in [0.717, 1.165) is 11.3 Å². The van der Waals surface area contributed by atoms with Crippen molar-refractivity contribution in [3.63, 3.8) is 0 Å². The number of ether oxygens (including phenoxy) is 2. The van der Waals surface area contributed by atoms with Crippen LogP contribution in [0.3, 0.4) is 0 Å². The highest BCUT2D eigenvalue weighted by molar-refractivity contribution is 7.12. The first-order chi connectivity index (χ1) is 5.99. The summed E-state index contributed by atoms with van der Waals surface area (Å²) in [6, 6.07) is 0. The Balaban J connectivity index is 2.43. The molecule has 0 saturated carbocycles. The molecular weight excluding hydrogens is 206 g/mol. The molecule has 1 aromatic heterocycles. The second kappa shape index (κ2) is 2.32. The molecule has 0 atom stereocenters. The van der Waals surface area contributed by atoms with Gasteiger partial charge >= 0.3 is 12.3 Å². The summed E-state index contributed by atoms with van der Waals surface area (Å²) in [6.45, 7) is 0. The van der Waals surface area contributed by atoms with Crippen molar-refractivity contribution < 1.29 is 28.2 Å². The van der Waals surface area contributed by atoms with Gasteiger partial charge in [0, 0.05) is 5.38 Å². The van der Waals surface area contributed by atoms with Crippen LogP contribution in [0.4, 0.5) is 8.78 Å². The third kappa shape index (κ3) is 1.21. The van der Waals surface area contributed by atoms with Gasteiger partial charge in [0.15, 0.2) is 16.4 Å². The average Bonchev–Trinajstić information content (AvgIpc) is 2.41. The third-order valence-electron chi connectivity index (χ3n) is 1.36. The van der Waals surface area contributed by atoms with Crippen LogP contribution >= 0.6 is 11.3 Å². The van der Waals surface area contributed by atoms with Gasteiger partial charge < -0.3 is 14.6 Å². The zero-order chi connectivity index (χ0) is 9.64. The van der Waals surface area contributed by atoms with Crippen molar-refractivity contribution in [2.24, 2.45) is 0 Å². The number of fused-ring (bicyclic) bond motifs is 1. The molecule has 70 valence electrons. The fraction of sp³-hybridized carbons (Fsp3) is 0.167.